The van der Waals surface area contributed by atoms with Gasteiger partial charge in [0.05, 0.1) is 14.2 Å². The fourth-order valence-electron chi connectivity index (χ4n) is 2.78. The molecule has 2 N–H and O–H groups in total. The Balaban J connectivity index is 2.12. The highest BCUT2D eigenvalue weighted by atomic mass is 16.5. The van der Waals surface area contributed by atoms with E-state index in [1.807, 2.05) is 29.9 Å². The lowest BCUT2D eigenvalue weighted by Gasteiger charge is -2.21. The van der Waals surface area contributed by atoms with Crippen LogP contribution in [0, 0.1) is 0 Å². The zero-order chi connectivity index (χ0) is 19.4. The summed E-state index contributed by atoms with van der Waals surface area (Å²) in [6, 6.07) is 8.07. The number of pyridine rings is 1. The van der Waals surface area contributed by atoms with Crippen LogP contribution in [0.2, 0.25) is 0 Å². The van der Waals surface area contributed by atoms with Gasteiger partial charge in [-0.15, -0.1) is 0 Å². The molecule has 0 fully saturated rings. The Kier molecular flexibility index (Phi) is 5.25. The molecule has 140 valence electrons. The smallest absolute Gasteiger partial charge is 0.339 e. The van der Waals surface area contributed by atoms with Crippen LogP contribution in [-0.4, -0.2) is 39.8 Å². The van der Waals surface area contributed by atoms with Crippen LogP contribution >= 0.6 is 0 Å². The van der Waals surface area contributed by atoms with Gasteiger partial charge in [-0.3, -0.25) is 0 Å². The van der Waals surface area contributed by atoms with E-state index in [0.717, 1.165) is 5.56 Å². The van der Waals surface area contributed by atoms with Gasteiger partial charge < -0.3 is 24.5 Å². The summed E-state index contributed by atoms with van der Waals surface area (Å²) >= 11 is 0. The van der Waals surface area contributed by atoms with E-state index < -0.39 is 12.0 Å². The molecule has 8 nitrogen and oxygen atoms in total. The molecule has 0 unspecified atom stereocenters. The zero-order valence-electron chi connectivity index (χ0n) is 15.2. The number of nitrogens with one attached hydrogen (secondary N) is 1. The summed E-state index contributed by atoms with van der Waals surface area (Å²) in [4.78, 5) is 20.2. The molecule has 0 radical (unpaired) electrons. The number of carboxylic acid groups (broad SMARTS) is 1. The maximum atomic E-state index is 11.6. The predicted molar refractivity (Wildman–Crippen MR) is 99.4 cm³/mol. The third kappa shape index (κ3) is 3.84. The van der Waals surface area contributed by atoms with Gasteiger partial charge in [0.1, 0.15) is 34.7 Å². The largest absolute Gasteiger partial charge is 0.497 e. The molecule has 27 heavy (non-hydrogen) atoms. The quantitative estimate of drug-likeness (QED) is 0.661. The average molecular weight is 368 g/mol. The van der Waals surface area contributed by atoms with Crippen molar-refractivity contribution in [3.8, 4) is 11.5 Å². The third-order valence-electron chi connectivity index (χ3n) is 4.14. The van der Waals surface area contributed by atoms with E-state index in [1.165, 1.54) is 12.3 Å². The highest BCUT2D eigenvalue weighted by Gasteiger charge is 2.23. The van der Waals surface area contributed by atoms with Crippen molar-refractivity contribution in [2.75, 3.05) is 19.5 Å². The van der Waals surface area contributed by atoms with Crippen molar-refractivity contribution in [3.63, 3.8) is 0 Å². The zero-order valence-corrected chi connectivity index (χ0v) is 15.2. The van der Waals surface area contributed by atoms with Crippen LogP contribution in [0.25, 0.3) is 0 Å². The second-order valence-corrected chi connectivity index (χ2v) is 5.82. The summed E-state index contributed by atoms with van der Waals surface area (Å²) in [7, 11) is 5.01. The van der Waals surface area contributed by atoms with Crippen LogP contribution in [0.4, 0.5) is 5.82 Å². The first-order chi connectivity index (χ1) is 13.0. The number of methoxy groups -OCH3 is 2. The Bertz CT molecular complexity index is 932. The van der Waals surface area contributed by atoms with Gasteiger partial charge in [0, 0.05) is 31.7 Å². The number of carbonyl (C=O) groups is 1. The van der Waals surface area contributed by atoms with Gasteiger partial charge in [-0.25, -0.2) is 14.8 Å². The van der Waals surface area contributed by atoms with Crippen LogP contribution in [0.5, 0.6) is 11.5 Å². The van der Waals surface area contributed by atoms with Crippen molar-refractivity contribution in [1.29, 1.82) is 0 Å². The van der Waals surface area contributed by atoms with E-state index in [2.05, 4.69) is 15.3 Å². The Morgan fingerprint density at radius 3 is 2.41 bits per heavy atom. The van der Waals surface area contributed by atoms with Crippen LogP contribution in [0.15, 0.2) is 48.9 Å². The maximum absolute atomic E-state index is 11.6. The number of imidazole rings is 1. The van der Waals surface area contributed by atoms with E-state index in [4.69, 9.17) is 9.47 Å². The normalized spacial score (nSPS) is 11.7. The van der Waals surface area contributed by atoms with E-state index in [1.54, 1.807) is 32.5 Å². The van der Waals surface area contributed by atoms with Gasteiger partial charge in [-0.05, 0) is 29.8 Å². The fourth-order valence-corrected chi connectivity index (χ4v) is 2.78. The first kappa shape index (κ1) is 18.2. The molecule has 0 bridgehead atoms. The Hall–Kier alpha value is -3.55. The van der Waals surface area contributed by atoms with Gasteiger partial charge in [0.2, 0.25) is 0 Å². The molecule has 3 aromatic rings. The summed E-state index contributed by atoms with van der Waals surface area (Å²) < 4.78 is 12.6. The number of carboxylic acids is 1. The van der Waals surface area contributed by atoms with Gasteiger partial charge in [0.15, 0.2) is 0 Å². The first-order valence-electron chi connectivity index (χ1n) is 8.18. The minimum Gasteiger partial charge on any atom is -0.497 e. The summed E-state index contributed by atoms with van der Waals surface area (Å²) in [5, 5.41) is 12.7. The molecule has 2 aromatic heterocycles. The number of aryl methyl sites for hydroxylation is 1. The van der Waals surface area contributed by atoms with Crippen molar-refractivity contribution in [3.05, 3.63) is 65.9 Å². The summed E-state index contributed by atoms with van der Waals surface area (Å²) in [5.74, 6) is 1.11. The first-order valence-corrected chi connectivity index (χ1v) is 8.18. The number of anilines is 1. The van der Waals surface area contributed by atoms with Crippen LogP contribution < -0.4 is 14.8 Å². The molecule has 1 atom stereocenters. The molecule has 0 aliphatic rings. The molecular weight excluding hydrogens is 348 g/mol. The van der Waals surface area contributed by atoms with E-state index >= 15 is 0 Å². The molecule has 0 aliphatic heterocycles. The minimum atomic E-state index is -1.06. The maximum Gasteiger partial charge on any atom is 0.339 e. The number of rotatable bonds is 7. The number of nitrogens with zero attached hydrogens (tertiary/aromatic N) is 3. The SMILES string of the molecule is COc1cc(OC)cc([C@@H](Nc2ncccc2C(=O)O)c2nccn2C)c1. The Morgan fingerprint density at radius 2 is 1.85 bits per heavy atom. The highest BCUT2D eigenvalue weighted by Crippen LogP contribution is 2.32. The van der Waals surface area contributed by atoms with Crippen molar-refractivity contribution < 1.29 is 19.4 Å². The molecule has 2 heterocycles. The second kappa shape index (κ2) is 7.77. The van der Waals surface area contributed by atoms with Gasteiger partial charge >= 0.3 is 5.97 Å². The molecular formula is C19H20N4O4. The lowest BCUT2D eigenvalue weighted by atomic mass is 10.0. The fraction of sp³-hybridized carbons (Fsp3) is 0.211. The Labute approximate surface area is 156 Å². The van der Waals surface area contributed by atoms with Crippen molar-refractivity contribution in [1.82, 2.24) is 14.5 Å². The standard InChI is InChI=1S/C19H20N4O4/c1-23-8-7-21-18(23)16(12-9-13(26-2)11-14(10-12)27-3)22-17-15(19(24)25)5-4-6-20-17/h4-11,16H,1-3H3,(H,20,22)(H,24,25)/t16-/m1/s1. The van der Waals surface area contributed by atoms with Crippen molar-refractivity contribution >= 4 is 11.8 Å². The third-order valence-corrected chi connectivity index (χ3v) is 4.14. The molecule has 8 heteroatoms. The summed E-state index contributed by atoms with van der Waals surface area (Å²) in [5.41, 5.74) is 0.870. The number of aromatic carboxylic acids is 1. The monoisotopic (exact) mass is 368 g/mol. The molecule has 0 amide bonds. The second-order valence-electron chi connectivity index (χ2n) is 5.82. The number of hydrogen-bond donors (Lipinski definition) is 2. The number of hydrogen-bond acceptors (Lipinski definition) is 6. The molecule has 0 spiro atoms. The highest BCUT2D eigenvalue weighted by molar-refractivity contribution is 5.93. The lowest BCUT2D eigenvalue weighted by Crippen LogP contribution is -2.19. The Morgan fingerprint density at radius 1 is 1.15 bits per heavy atom. The van der Waals surface area contributed by atoms with Crippen molar-refractivity contribution in [2.24, 2.45) is 7.05 Å². The van der Waals surface area contributed by atoms with E-state index in [9.17, 15) is 9.90 Å². The predicted octanol–water partition coefficient (Wildman–Crippen LogP) is 2.73. The van der Waals surface area contributed by atoms with Gasteiger partial charge in [0.25, 0.3) is 0 Å². The van der Waals surface area contributed by atoms with Crippen LogP contribution in [0.3, 0.4) is 0 Å². The molecule has 0 saturated carbocycles. The summed E-state index contributed by atoms with van der Waals surface area (Å²) in [6.07, 6.45) is 5.03. The molecule has 0 saturated heterocycles. The number of benzene rings is 1. The molecule has 0 aliphatic carbocycles. The minimum absolute atomic E-state index is 0.0755. The topological polar surface area (TPSA) is 98.5 Å². The van der Waals surface area contributed by atoms with Crippen LogP contribution in [0.1, 0.15) is 27.8 Å². The molecule has 3 rings (SSSR count). The van der Waals surface area contributed by atoms with Crippen molar-refractivity contribution in [2.45, 2.75) is 6.04 Å². The van der Waals surface area contributed by atoms with E-state index in [0.29, 0.717) is 17.3 Å². The van der Waals surface area contributed by atoms with Gasteiger partial charge in [-0.1, -0.05) is 0 Å². The number of aromatic nitrogens is 3. The summed E-state index contributed by atoms with van der Waals surface area (Å²) in [6.45, 7) is 0. The van der Waals surface area contributed by atoms with E-state index in [-0.39, 0.29) is 11.4 Å². The average Bonchev–Trinajstić information content (AvgIpc) is 3.11. The van der Waals surface area contributed by atoms with Gasteiger partial charge in [-0.2, -0.15) is 0 Å². The van der Waals surface area contributed by atoms with Crippen LogP contribution in [-0.2, 0) is 7.05 Å². The molecule has 1 aromatic carbocycles. The lowest BCUT2D eigenvalue weighted by molar-refractivity contribution is 0.0697. The number of ether oxygens (including phenoxy) is 2.